The minimum absolute atomic E-state index is 0.600. The number of halogens is 1. The molecule has 1 aromatic carbocycles. The van der Waals surface area contributed by atoms with Crippen molar-refractivity contribution in [2.75, 3.05) is 30.9 Å². The van der Waals surface area contributed by atoms with Crippen LogP contribution in [0.25, 0.3) is 0 Å². The van der Waals surface area contributed by atoms with E-state index in [-0.39, 0.29) is 0 Å². The van der Waals surface area contributed by atoms with Gasteiger partial charge in [0.25, 0.3) is 0 Å². The zero-order chi connectivity index (χ0) is 14.8. The van der Waals surface area contributed by atoms with E-state index < -0.39 is 0 Å². The second-order valence-electron chi connectivity index (χ2n) is 5.13. The molecule has 0 fully saturated rings. The van der Waals surface area contributed by atoms with Crippen LogP contribution in [0.3, 0.4) is 0 Å². The maximum absolute atomic E-state index is 6.17. The van der Waals surface area contributed by atoms with Gasteiger partial charge in [0.15, 0.2) is 11.6 Å². The molecule has 0 unspecified atom stereocenters. The van der Waals surface area contributed by atoms with E-state index in [1.807, 2.05) is 31.1 Å². The third-order valence-electron chi connectivity index (χ3n) is 3.37. The summed E-state index contributed by atoms with van der Waals surface area (Å²) in [6.07, 6.45) is 4.27. The van der Waals surface area contributed by atoms with E-state index >= 15 is 0 Å². The highest BCUT2D eigenvalue weighted by atomic mass is 35.5. The lowest BCUT2D eigenvalue weighted by Crippen LogP contribution is -2.15. The number of hydrogen-bond acceptors (Lipinski definition) is 5. The average molecular weight is 305 g/mol. The molecule has 5 nitrogen and oxygen atoms in total. The van der Waals surface area contributed by atoms with Gasteiger partial charge in [-0.3, -0.25) is 0 Å². The molecule has 6 heteroatoms. The van der Waals surface area contributed by atoms with Crippen molar-refractivity contribution in [3.8, 4) is 5.75 Å². The first kappa shape index (κ1) is 13.9. The van der Waals surface area contributed by atoms with E-state index in [0.717, 1.165) is 41.0 Å². The van der Waals surface area contributed by atoms with E-state index in [2.05, 4.69) is 15.3 Å². The summed E-state index contributed by atoms with van der Waals surface area (Å²) in [7, 11) is 3.88. The first-order valence-corrected chi connectivity index (χ1v) is 7.19. The van der Waals surface area contributed by atoms with E-state index in [1.165, 1.54) is 5.56 Å². The van der Waals surface area contributed by atoms with Gasteiger partial charge in [-0.1, -0.05) is 11.6 Å². The molecule has 0 saturated heterocycles. The second kappa shape index (κ2) is 5.77. The van der Waals surface area contributed by atoms with Crippen LogP contribution < -0.4 is 15.0 Å². The maximum Gasteiger partial charge on any atom is 0.171 e. The van der Waals surface area contributed by atoms with E-state index in [9.17, 15) is 0 Å². The summed E-state index contributed by atoms with van der Waals surface area (Å²) in [6, 6.07) is 3.91. The fraction of sp³-hybridized carbons (Fsp3) is 0.333. The number of ether oxygens (including phenoxy) is 1. The van der Waals surface area contributed by atoms with Crippen molar-refractivity contribution in [1.82, 2.24) is 9.97 Å². The summed E-state index contributed by atoms with van der Waals surface area (Å²) in [6.45, 7) is 1.32. The maximum atomic E-state index is 6.17. The fourth-order valence-corrected chi connectivity index (χ4v) is 2.70. The van der Waals surface area contributed by atoms with Crippen molar-refractivity contribution in [3.63, 3.8) is 0 Å². The van der Waals surface area contributed by atoms with Gasteiger partial charge in [-0.25, -0.2) is 9.97 Å². The highest BCUT2D eigenvalue weighted by Crippen LogP contribution is 2.33. The number of benzene rings is 1. The summed E-state index contributed by atoms with van der Waals surface area (Å²) >= 11 is 6.17. The van der Waals surface area contributed by atoms with E-state index in [1.54, 1.807) is 12.4 Å². The Morgan fingerprint density at radius 3 is 2.90 bits per heavy atom. The number of aromatic nitrogens is 2. The smallest absolute Gasteiger partial charge is 0.171 e. The Morgan fingerprint density at radius 1 is 1.29 bits per heavy atom. The molecule has 1 aromatic heterocycles. The van der Waals surface area contributed by atoms with Gasteiger partial charge >= 0.3 is 0 Å². The third-order valence-corrected chi connectivity index (χ3v) is 3.59. The number of rotatable bonds is 4. The number of anilines is 2. The normalized spacial score (nSPS) is 12.7. The van der Waals surface area contributed by atoms with Crippen molar-refractivity contribution >= 4 is 23.2 Å². The number of nitrogens with one attached hydrogen (secondary N) is 1. The quantitative estimate of drug-likeness (QED) is 0.941. The Bertz CT molecular complexity index is 660. The predicted octanol–water partition coefficient (Wildman–Crippen LogP) is 2.74. The Hall–Kier alpha value is -2.01. The summed E-state index contributed by atoms with van der Waals surface area (Å²) < 4.78 is 5.71. The van der Waals surface area contributed by atoms with Gasteiger partial charge < -0.3 is 15.0 Å². The molecule has 0 aliphatic carbocycles. The van der Waals surface area contributed by atoms with Crippen LogP contribution in [0.5, 0.6) is 5.75 Å². The molecule has 0 spiro atoms. The Kier molecular flexibility index (Phi) is 3.84. The summed E-state index contributed by atoms with van der Waals surface area (Å²) in [5, 5.41) is 4.05. The molecular formula is C15H17ClN4O. The lowest BCUT2D eigenvalue weighted by Gasteiger charge is -2.16. The summed E-state index contributed by atoms with van der Waals surface area (Å²) in [5.74, 6) is 2.49. The Morgan fingerprint density at radius 2 is 2.10 bits per heavy atom. The van der Waals surface area contributed by atoms with Crippen LogP contribution in [0.1, 0.15) is 11.1 Å². The molecule has 0 atom stereocenters. The predicted molar refractivity (Wildman–Crippen MR) is 84.3 cm³/mol. The molecule has 0 amide bonds. The molecule has 0 bridgehead atoms. The van der Waals surface area contributed by atoms with Gasteiger partial charge in [0.2, 0.25) is 0 Å². The molecule has 3 rings (SSSR count). The second-order valence-corrected chi connectivity index (χ2v) is 5.56. The Balaban J connectivity index is 1.83. The van der Waals surface area contributed by atoms with Gasteiger partial charge in [0.05, 0.1) is 6.61 Å². The lowest BCUT2D eigenvalue weighted by molar-refractivity contribution is 0.354. The number of nitrogens with zero attached hydrogens (tertiary/aromatic N) is 3. The fourth-order valence-electron chi connectivity index (χ4n) is 2.44. The van der Waals surface area contributed by atoms with Crippen LogP contribution in [-0.2, 0) is 13.0 Å². The first-order valence-electron chi connectivity index (χ1n) is 6.81. The van der Waals surface area contributed by atoms with Gasteiger partial charge in [0, 0.05) is 50.0 Å². The van der Waals surface area contributed by atoms with E-state index in [0.29, 0.717) is 6.54 Å². The van der Waals surface area contributed by atoms with E-state index in [4.69, 9.17) is 16.3 Å². The molecule has 21 heavy (non-hydrogen) atoms. The largest absolute Gasteiger partial charge is 0.493 e. The number of hydrogen-bond donors (Lipinski definition) is 1. The van der Waals surface area contributed by atoms with Crippen molar-refractivity contribution in [3.05, 3.63) is 40.7 Å². The zero-order valence-corrected chi connectivity index (χ0v) is 12.8. The third kappa shape index (κ3) is 2.88. The molecule has 1 aliphatic heterocycles. The molecule has 1 N–H and O–H groups in total. The minimum Gasteiger partial charge on any atom is -0.493 e. The highest BCUT2D eigenvalue weighted by Gasteiger charge is 2.18. The van der Waals surface area contributed by atoms with Crippen molar-refractivity contribution in [2.24, 2.45) is 0 Å². The molecule has 0 radical (unpaired) electrons. The topological polar surface area (TPSA) is 50.3 Å². The number of fused-ring (bicyclic) bond motifs is 1. The summed E-state index contributed by atoms with van der Waals surface area (Å²) in [4.78, 5) is 10.6. The minimum atomic E-state index is 0.600. The standard InChI is InChI=1S/C15H17ClN4O/c1-20(2)15-14(17-4-5-18-15)19-9-11-8-12(16)7-10-3-6-21-13(10)11/h4-5,7-8H,3,6,9H2,1-2H3,(H,17,19). The SMILES string of the molecule is CN(C)c1nccnc1NCc1cc(Cl)cc2c1OCC2. The van der Waals surface area contributed by atoms with Crippen LogP contribution in [0.2, 0.25) is 5.02 Å². The van der Waals surface area contributed by atoms with Crippen molar-refractivity contribution < 1.29 is 4.74 Å². The van der Waals surface area contributed by atoms with Gasteiger partial charge in [-0.2, -0.15) is 0 Å². The average Bonchev–Trinajstić information content (AvgIpc) is 2.93. The van der Waals surface area contributed by atoms with Crippen LogP contribution in [0.15, 0.2) is 24.5 Å². The highest BCUT2D eigenvalue weighted by molar-refractivity contribution is 6.30. The molecular weight excluding hydrogens is 288 g/mol. The monoisotopic (exact) mass is 304 g/mol. The Labute approximate surface area is 128 Å². The van der Waals surface area contributed by atoms with Crippen LogP contribution >= 0.6 is 11.6 Å². The van der Waals surface area contributed by atoms with Gasteiger partial charge in [0.1, 0.15) is 5.75 Å². The van der Waals surface area contributed by atoms with Crippen molar-refractivity contribution in [2.45, 2.75) is 13.0 Å². The molecule has 1 aliphatic rings. The molecule has 2 heterocycles. The van der Waals surface area contributed by atoms with Crippen LogP contribution in [0.4, 0.5) is 11.6 Å². The summed E-state index contributed by atoms with van der Waals surface area (Å²) in [5.41, 5.74) is 2.22. The molecule has 2 aromatic rings. The van der Waals surface area contributed by atoms with Crippen molar-refractivity contribution in [1.29, 1.82) is 0 Å². The van der Waals surface area contributed by atoms with Crippen LogP contribution in [0, 0.1) is 0 Å². The van der Waals surface area contributed by atoms with Gasteiger partial charge in [-0.15, -0.1) is 0 Å². The molecule has 0 saturated carbocycles. The molecule has 110 valence electrons. The van der Waals surface area contributed by atoms with Crippen LogP contribution in [-0.4, -0.2) is 30.7 Å². The van der Waals surface area contributed by atoms with Gasteiger partial charge in [-0.05, 0) is 17.7 Å². The first-order chi connectivity index (χ1) is 10.1. The lowest BCUT2D eigenvalue weighted by atomic mass is 10.1. The zero-order valence-electron chi connectivity index (χ0n) is 12.1.